The lowest BCUT2D eigenvalue weighted by molar-refractivity contribution is -0.162. The van der Waals surface area contributed by atoms with Crippen molar-refractivity contribution in [3.05, 3.63) is 12.2 Å². The van der Waals surface area contributed by atoms with E-state index in [0.29, 0.717) is 0 Å². The number of hydrogen-bond acceptors (Lipinski definition) is 3. The van der Waals surface area contributed by atoms with Crippen molar-refractivity contribution in [2.75, 3.05) is 13.2 Å². The third-order valence-corrected chi connectivity index (χ3v) is 4.43. The molecule has 0 spiro atoms. The molecule has 0 bridgehead atoms. The normalized spacial score (nSPS) is 20.2. The molecule has 1 rings (SSSR count). The fourth-order valence-corrected chi connectivity index (χ4v) is 2.96. The van der Waals surface area contributed by atoms with Crippen LogP contribution in [0.3, 0.4) is 0 Å². The first-order valence-corrected chi connectivity index (χ1v) is 9.89. The number of rotatable bonds is 14. The zero-order valence-electron chi connectivity index (χ0n) is 15.2. The molecule has 1 heterocycles. The van der Waals surface area contributed by atoms with Crippen LogP contribution in [0.15, 0.2) is 12.2 Å². The van der Waals surface area contributed by atoms with E-state index in [9.17, 15) is 5.11 Å². The van der Waals surface area contributed by atoms with Gasteiger partial charge in [0.15, 0.2) is 6.29 Å². The van der Waals surface area contributed by atoms with Crippen LogP contribution in [0.1, 0.15) is 90.4 Å². The molecule has 2 unspecified atom stereocenters. The van der Waals surface area contributed by atoms with Crippen molar-refractivity contribution in [1.82, 2.24) is 0 Å². The highest BCUT2D eigenvalue weighted by atomic mass is 16.7. The minimum absolute atomic E-state index is 0.0716. The van der Waals surface area contributed by atoms with Crippen molar-refractivity contribution >= 4 is 0 Å². The molecule has 3 heteroatoms. The van der Waals surface area contributed by atoms with Gasteiger partial charge >= 0.3 is 0 Å². The highest BCUT2D eigenvalue weighted by molar-refractivity contribution is 4.82. The van der Waals surface area contributed by atoms with Gasteiger partial charge in [0.05, 0.1) is 6.10 Å². The maximum Gasteiger partial charge on any atom is 0.157 e. The van der Waals surface area contributed by atoms with Crippen LogP contribution in [0.2, 0.25) is 0 Å². The standard InChI is InChI=1S/C20H38O3/c1-2-3-9-14-19(21)15-10-7-5-4-6-8-12-17-22-20-16-11-13-18-23-20/h3,9,19-21H,2,4-8,10-18H2,1H3/b9-3+. The SMILES string of the molecule is CC/C=C/CC(O)CCCCCCCCCOC1CCCCO1. The smallest absolute Gasteiger partial charge is 0.157 e. The van der Waals surface area contributed by atoms with E-state index in [0.717, 1.165) is 51.7 Å². The van der Waals surface area contributed by atoms with Crippen LogP contribution in [-0.4, -0.2) is 30.7 Å². The summed E-state index contributed by atoms with van der Waals surface area (Å²) in [6.07, 6.45) is 19.2. The Kier molecular flexibility index (Phi) is 13.6. The third-order valence-electron chi connectivity index (χ3n) is 4.43. The summed E-state index contributed by atoms with van der Waals surface area (Å²) >= 11 is 0. The van der Waals surface area contributed by atoms with Gasteiger partial charge in [-0.05, 0) is 44.9 Å². The quantitative estimate of drug-likeness (QED) is 0.344. The minimum atomic E-state index is -0.142. The maximum atomic E-state index is 9.81. The number of ether oxygens (including phenoxy) is 2. The molecule has 136 valence electrons. The Morgan fingerprint density at radius 2 is 1.78 bits per heavy atom. The Hall–Kier alpha value is -0.380. The highest BCUT2D eigenvalue weighted by Crippen LogP contribution is 2.15. The van der Waals surface area contributed by atoms with E-state index in [1.807, 2.05) is 0 Å². The molecule has 0 amide bonds. The maximum absolute atomic E-state index is 9.81. The molecule has 23 heavy (non-hydrogen) atoms. The number of aliphatic hydroxyl groups is 1. The average molecular weight is 327 g/mol. The molecule has 0 aromatic carbocycles. The lowest BCUT2D eigenvalue weighted by Crippen LogP contribution is -2.22. The van der Waals surface area contributed by atoms with Gasteiger partial charge in [-0.15, -0.1) is 0 Å². The fraction of sp³-hybridized carbons (Fsp3) is 0.900. The van der Waals surface area contributed by atoms with E-state index in [1.54, 1.807) is 0 Å². The first-order chi connectivity index (χ1) is 11.3. The number of unbranched alkanes of at least 4 members (excludes halogenated alkanes) is 6. The summed E-state index contributed by atoms with van der Waals surface area (Å²) in [6, 6.07) is 0. The highest BCUT2D eigenvalue weighted by Gasteiger charge is 2.13. The van der Waals surface area contributed by atoms with Crippen LogP contribution in [0, 0.1) is 0 Å². The lowest BCUT2D eigenvalue weighted by atomic mass is 10.0. The second-order valence-corrected chi connectivity index (χ2v) is 6.70. The molecule has 0 saturated carbocycles. The Bertz CT molecular complexity index is 272. The topological polar surface area (TPSA) is 38.7 Å². The van der Waals surface area contributed by atoms with E-state index >= 15 is 0 Å². The lowest BCUT2D eigenvalue weighted by Gasteiger charge is -2.22. The first kappa shape index (κ1) is 20.7. The van der Waals surface area contributed by atoms with E-state index < -0.39 is 0 Å². The summed E-state index contributed by atoms with van der Waals surface area (Å²) < 4.78 is 11.3. The molecular weight excluding hydrogens is 288 g/mol. The molecule has 0 aromatic rings. The molecule has 0 aliphatic carbocycles. The summed E-state index contributed by atoms with van der Waals surface area (Å²) in [5, 5.41) is 9.81. The number of hydrogen-bond donors (Lipinski definition) is 1. The van der Waals surface area contributed by atoms with Crippen molar-refractivity contribution in [2.24, 2.45) is 0 Å². The molecule has 0 radical (unpaired) electrons. The molecule has 1 aliphatic rings. The third kappa shape index (κ3) is 12.7. The predicted octanol–water partition coefficient (Wildman–Crippen LogP) is 5.37. The zero-order chi connectivity index (χ0) is 16.6. The van der Waals surface area contributed by atoms with Crippen LogP contribution >= 0.6 is 0 Å². The molecule has 2 atom stereocenters. The van der Waals surface area contributed by atoms with Crippen molar-refractivity contribution in [3.8, 4) is 0 Å². The van der Waals surface area contributed by atoms with E-state index in [4.69, 9.17) is 9.47 Å². The van der Waals surface area contributed by atoms with E-state index in [-0.39, 0.29) is 12.4 Å². The van der Waals surface area contributed by atoms with Gasteiger partial charge in [-0.3, -0.25) is 0 Å². The molecule has 1 aliphatic heterocycles. The predicted molar refractivity (Wildman–Crippen MR) is 96.5 cm³/mol. The Morgan fingerprint density at radius 1 is 1.04 bits per heavy atom. The Labute approximate surface area is 143 Å². The monoisotopic (exact) mass is 326 g/mol. The Morgan fingerprint density at radius 3 is 2.48 bits per heavy atom. The fourth-order valence-electron chi connectivity index (χ4n) is 2.96. The summed E-state index contributed by atoms with van der Waals surface area (Å²) in [5.74, 6) is 0. The number of allylic oxidation sites excluding steroid dienone is 1. The minimum Gasteiger partial charge on any atom is -0.393 e. The van der Waals surface area contributed by atoms with Gasteiger partial charge in [-0.25, -0.2) is 0 Å². The van der Waals surface area contributed by atoms with Crippen molar-refractivity contribution in [2.45, 2.75) is 103 Å². The van der Waals surface area contributed by atoms with Gasteiger partial charge in [0.1, 0.15) is 0 Å². The van der Waals surface area contributed by atoms with Gasteiger partial charge in [0, 0.05) is 13.2 Å². The van der Waals surface area contributed by atoms with Gasteiger partial charge < -0.3 is 14.6 Å². The van der Waals surface area contributed by atoms with Crippen molar-refractivity contribution < 1.29 is 14.6 Å². The summed E-state index contributed by atoms with van der Waals surface area (Å²) in [6.45, 7) is 3.84. The zero-order valence-corrected chi connectivity index (χ0v) is 15.2. The second kappa shape index (κ2) is 15.2. The van der Waals surface area contributed by atoms with Crippen LogP contribution in [0.5, 0.6) is 0 Å². The van der Waals surface area contributed by atoms with Gasteiger partial charge in [-0.1, -0.05) is 57.6 Å². The van der Waals surface area contributed by atoms with Crippen molar-refractivity contribution in [1.29, 1.82) is 0 Å². The average Bonchev–Trinajstić information content (AvgIpc) is 2.58. The molecule has 1 fully saturated rings. The van der Waals surface area contributed by atoms with E-state index in [1.165, 1.54) is 44.9 Å². The largest absolute Gasteiger partial charge is 0.393 e. The van der Waals surface area contributed by atoms with Gasteiger partial charge in [-0.2, -0.15) is 0 Å². The summed E-state index contributed by atoms with van der Waals surface area (Å²) in [4.78, 5) is 0. The number of aliphatic hydroxyl groups excluding tert-OH is 1. The van der Waals surface area contributed by atoms with Crippen molar-refractivity contribution in [3.63, 3.8) is 0 Å². The van der Waals surface area contributed by atoms with Crippen LogP contribution < -0.4 is 0 Å². The first-order valence-electron chi connectivity index (χ1n) is 9.89. The molecule has 0 aromatic heterocycles. The Balaban J connectivity index is 1.76. The molecular formula is C20H38O3. The summed E-state index contributed by atoms with van der Waals surface area (Å²) in [5.41, 5.74) is 0. The second-order valence-electron chi connectivity index (χ2n) is 6.70. The molecule has 1 saturated heterocycles. The van der Waals surface area contributed by atoms with Gasteiger partial charge in [0.2, 0.25) is 0 Å². The molecule has 3 nitrogen and oxygen atoms in total. The summed E-state index contributed by atoms with van der Waals surface area (Å²) in [7, 11) is 0. The van der Waals surface area contributed by atoms with Gasteiger partial charge in [0.25, 0.3) is 0 Å². The van der Waals surface area contributed by atoms with Crippen LogP contribution in [0.4, 0.5) is 0 Å². The van der Waals surface area contributed by atoms with Crippen LogP contribution in [0.25, 0.3) is 0 Å². The molecule has 1 N–H and O–H groups in total. The van der Waals surface area contributed by atoms with Crippen LogP contribution in [-0.2, 0) is 9.47 Å². The van der Waals surface area contributed by atoms with E-state index in [2.05, 4.69) is 19.1 Å².